The van der Waals surface area contributed by atoms with E-state index in [2.05, 4.69) is 4.98 Å². The molecule has 0 saturated carbocycles. The number of carbonyl (C=O) groups is 1. The number of aromatic nitrogens is 1. The van der Waals surface area contributed by atoms with Gasteiger partial charge in [-0.15, -0.1) is 11.3 Å². The van der Waals surface area contributed by atoms with Gasteiger partial charge in [0.25, 0.3) is 0 Å². The van der Waals surface area contributed by atoms with Crippen molar-refractivity contribution in [2.45, 2.75) is 19.4 Å². The van der Waals surface area contributed by atoms with E-state index in [4.69, 9.17) is 31.9 Å². The third-order valence-electron chi connectivity index (χ3n) is 4.09. The lowest BCUT2D eigenvalue weighted by molar-refractivity contribution is 0.0972. The maximum absolute atomic E-state index is 12.4. The molecule has 142 valence electrons. The number of methoxy groups -OCH3 is 1. The number of hydrogen-bond donors (Lipinski definition) is 2. The van der Waals surface area contributed by atoms with E-state index in [0.717, 1.165) is 15.6 Å². The van der Waals surface area contributed by atoms with Gasteiger partial charge in [-0.05, 0) is 23.9 Å². The number of rotatable bonds is 8. The highest BCUT2D eigenvalue weighted by Crippen LogP contribution is 2.35. The van der Waals surface area contributed by atoms with Crippen molar-refractivity contribution in [3.8, 4) is 11.5 Å². The number of hydrogen-bond acceptors (Lipinski definition) is 7. The van der Waals surface area contributed by atoms with Gasteiger partial charge in [-0.3, -0.25) is 4.79 Å². The molecule has 2 heterocycles. The average molecular weight is 407 g/mol. The number of nitrogens with two attached hydrogens (primary N) is 1. The van der Waals surface area contributed by atoms with Crippen LogP contribution >= 0.6 is 22.9 Å². The van der Waals surface area contributed by atoms with Crippen molar-refractivity contribution in [3.05, 3.63) is 45.9 Å². The van der Waals surface area contributed by atoms with Crippen molar-refractivity contribution in [2.24, 2.45) is 0 Å². The summed E-state index contributed by atoms with van der Waals surface area (Å²) in [5.41, 5.74) is 7.41. The fraction of sp³-hybridized carbons (Fsp3) is 0.263. The second kappa shape index (κ2) is 8.56. The molecule has 0 spiro atoms. The normalized spacial score (nSPS) is 10.9. The molecular formula is C19H19ClN2O4S. The van der Waals surface area contributed by atoms with Gasteiger partial charge in [-0.2, -0.15) is 0 Å². The molecule has 0 bridgehead atoms. The molecule has 1 aromatic carbocycles. The number of pyridine rings is 1. The number of halogens is 1. The standard InChI is InChI=1S/C19H19ClN2O4S/c1-25-12-4-5-16(14(20)7-12)26-9-11-10-27-18-13(15(24)3-2-6-23)8-22-19(21)17(11)18/h4-5,7-8,10,23H,2-3,6,9H2,1H3,(H2,21,22). The first kappa shape index (κ1) is 19.4. The van der Waals surface area contributed by atoms with Gasteiger partial charge in [0.15, 0.2) is 5.78 Å². The molecule has 3 N–H and O–H groups in total. The van der Waals surface area contributed by atoms with Crippen molar-refractivity contribution in [1.82, 2.24) is 4.98 Å². The third-order valence-corrected chi connectivity index (χ3v) is 5.44. The summed E-state index contributed by atoms with van der Waals surface area (Å²) in [6, 6.07) is 5.18. The zero-order chi connectivity index (χ0) is 19.4. The molecule has 0 aliphatic rings. The first-order valence-corrected chi connectivity index (χ1v) is 9.55. The molecule has 27 heavy (non-hydrogen) atoms. The van der Waals surface area contributed by atoms with Crippen LogP contribution in [0, 0.1) is 0 Å². The number of Topliss-reactive ketones (excluding diaryl/α,β-unsaturated/α-hetero) is 1. The summed E-state index contributed by atoms with van der Waals surface area (Å²) in [4.78, 5) is 16.5. The molecule has 3 aromatic rings. The number of nitrogen functional groups attached to an aromatic ring is 1. The van der Waals surface area contributed by atoms with Gasteiger partial charge in [-0.25, -0.2) is 4.98 Å². The molecule has 0 aliphatic carbocycles. The predicted octanol–water partition coefficient (Wildman–Crippen LogP) is 4.07. The predicted molar refractivity (Wildman–Crippen MR) is 107 cm³/mol. The zero-order valence-electron chi connectivity index (χ0n) is 14.7. The Morgan fingerprint density at radius 2 is 2.22 bits per heavy atom. The number of carbonyl (C=O) groups excluding carboxylic acids is 1. The lowest BCUT2D eigenvalue weighted by Gasteiger charge is -2.10. The maximum atomic E-state index is 12.4. The molecule has 2 aromatic heterocycles. The first-order chi connectivity index (χ1) is 13.0. The van der Waals surface area contributed by atoms with Crippen LogP contribution in [0.3, 0.4) is 0 Å². The molecule has 0 aliphatic heterocycles. The van der Waals surface area contributed by atoms with Crippen molar-refractivity contribution < 1.29 is 19.4 Å². The van der Waals surface area contributed by atoms with Crippen LogP contribution in [-0.4, -0.2) is 29.6 Å². The van der Waals surface area contributed by atoms with Crippen molar-refractivity contribution in [3.63, 3.8) is 0 Å². The lowest BCUT2D eigenvalue weighted by Crippen LogP contribution is -2.04. The summed E-state index contributed by atoms with van der Waals surface area (Å²) in [6.45, 7) is 0.218. The highest BCUT2D eigenvalue weighted by Gasteiger charge is 2.17. The number of ether oxygens (including phenoxy) is 2. The second-order valence-electron chi connectivity index (χ2n) is 5.86. The summed E-state index contributed by atoms with van der Waals surface area (Å²) in [5.74, 6) is 1.46. The highest BCUT2D eigenvalue weighted by atomic mass is 35.5. The number of anilines is 1. The van der Waals surface area contributed by atoms with Crippen molar-refractivity contribution >= 4 is 44.6 Å². The summed E-state index contributed by atoms with van der Waals surface area (Å²) in [5, 5.41) is 12.0. The number of ketones is 1. The highest BCUT2D eigenvalue weighted by molar-refractivity contribution is 7.17. The molecule has 3 rings (SSSR count). The maximum Gasteiger partial charge on any atom is 0.165 e. The van der Waals surface area contributed by atoms with E-state index < -0.39 is 0 Å². The van der Waals surface area contributed by atoms with E-state index in [0.29, 0.717) is 34.3 Å². The van der Waals surface area contributed by atoms with Crippen LogP contribution in [0.2, 0.25) is 5.02 Å². The molecule has 0 amide bonds. The Kier molecular flexibility index (Phi) is 6.15. The summed E-state index contributed by atoms with van der Waals surface area (Å²) >= 11 is 7.63. The van der Waals surface area contributed by atoms with E-state index in [1.54, 1.807) is 25.3 Å². The van der Waals surface area contributed by atoms with Crippen molar-refractivity contribution in [2.75, 3.05) is 19.5 Å². The molecule has 0 saturated heterocycles. The number of thiophene rings is 1. The molecule has 0 fully saturated rings. The largest absolute Gasteiger partial charge is 0.497 e. The van der Waals surface area contributed by atoms with Gasteiger partial charge in [0.2, 0.25) is 0 Å². The quantitative estimate of drug-likeness (QED) is 0.547. The summed E-state index contributed by atoms with van der Waals surface area (Å²) in [6.07, 6.45) is 2.18. The topological polar surface area (TPSA) is 94.7 Å². The first-order valence-electron chi connectivity index (χ1n) is 8.30. The molecule has 0 radical (unpaired) electrons. The van der Waals surface area contributed by atoms with Crippen LogP contribution in [0.25, 0.3) is 10.1 Å². The van der Waals surface area contributed by atoms with Crippen LogP contribution < -0.4 is 15.2 Å². The van der Waals surface area contributed by atoms with Crippen LogP contribution in [0.5, 0.6) is 11.5 Å². The lowest BCUT2D eigenvalue weighted by atomic mass is 10.1. The summed E-state index contributed by atoms with van der Waals surface area (Å²) in [7, 11) is 1.57. The number of nitrogens with zero attached hydrogens (tertiary/aromatic N) is 1. The Bertz CT molecular complexity index is 974. The Hall–Kier alpha value is -2.35. The monoisotopic (exact) mass is 406 g/mol. The van der Waals surface area contributed by atoms with Gasteiger partial charge >= 0.3 is 0 Å². The van der Waals surface area contributed by atoms with Gasteiger partial charge < -0.3 is 20.3 Å². The van der Waals surface area contributed by atoms with Crippen LogP contribution in [0.1, 0.15) is 28.8 Å². The molecule has 8 heteroatoms. The Morgan fingerprint density at radius 1 is 1.41 bits per heavy atom. The number of aliphatic hydroxyl groups excluding tert-OH is 1. The second-order valence-corrected chi connectivity index (χ2v) is 7.14. The van der Waals surface area contributed by atoms with E-state index in [1.165, 1.54) is 17.5 Å². The van der Waals surface area contributed by atoms with Crippen molar-refractivity contribution in [1.29, 1.82) is 0 Å². The smallest absolute Gasteiger partial charge is 0.165 e. The number of benzene rings is 1. The van der Waals surface area contributed by atoms with E-state index in [1.807, 2.05) is 5.38 Å². The Morgan fingerprint density at radius 3 is 2.93 bits per heavy atom. The van der Waals surface area contributed by atoms with Gasteiger partial charge in [0.1, 0.15) is 23.9 Å². The van der Waals surface area contributed by atoms with Gasteiger partial charge in [0.05, 0.1) is 22.4 Å². The minimum atomic E-state index is -0.0610. The van der Waals surface area contributed by atoms with E-state index >= 15 is 0 Å². The van der Waals surface area contributed by atoms with E-state index in [-0.39, 0.29) is 25.4 Å². The van der Waals surface area contributed by atoms with Gasteiger partial charge in [0, 0.05) is 36.2 Å². The third kappa shape index (κ3) is 4.16. The molecule has 0 atom stereocenters. The number of aliphatic hydroxyl groups is 1. The van der Waals surface area contributed by atoms with Gasteiger partial charge in [-0.1, -0.05) is 11.6 Å². The average Bonchev–Trinajstić information content (AvgIpc) is 3.10. The molecule has 0 unspecified atom stereocenters. The fourth-order valence-corrected chi connectivity index (χ4v) is 4.01. The SMILES string of the molecule is COc1ccc(OCc2csc3c(C(=O)CCCO)cnc(N)c23)c(Cl)c1. The Balaban J connectivity index is 1.86. The summed E-state index contributed by atoms with van der Waals surface area (Å²) < 4.78 is 11.7. The van der Waals surface area contributed by atoms with Crippen LogP contribution in [0.4, 0.5) is 5.82 Å². The number of fused-ring (bicyclic) bond motifs is 1. The van der Waals surface area contributed by atoms with Crippen LogP contribution in [0.15, 0.2) is 29.8 Å². The molecular weight excluding hydrogens is 388 g/mol. The molecule has 6 nitrogen and oxygen atoms in total. The Labute approximate surface area is 165 Å². The minimum Gasteiger partial charge on any atom is -0.497 e. The van der Waals surface area contributed by atoms with E-state index in [9.17, 15) is 4.79 Å². The van der Waals surface area contributed by atoms with Crippen LogP contribution in [-0.2, 0) is 6.61 Å². The minimum absolute atomic E-state index is 0.0244. The fourth-order valence-electron chi connectivity index (χ4n) is 2.69. The zero-order valence-corrected chi connectivity index (χ0v) is 16.3.